The number of rotatable bonds is 0. The standard InChI is InChI=1S/3C18H24.3C12H18.CH4/c3*1-9-10(2)14(6)18-16(8)12(4)11(3)15(7)17(18)13(9)5;3*1-7-8(2)10(4)12(6)11(5)9(7)3;/h3*1-8H3;3*1-6H3;1H4. The maximum atomic E-state index is 2.27. The molecule has 0 saturated carbocycles. The third kappa shape index (κ3) is 14.3. The first-order chi connectivity index (χ1) is 41.2. The van der Waals surface area contributed by atoms with E-state index >= 15 is 0 Å². The normalized spacial score (nSPS) is 10.9. The van der Waals surface area contributed by atoms with Crippen LogP contribution in [-0.2, 0) is 0 Å². The maximum absolute atomic E-state index is 2.27. The van der Waals surface area contributed by atoms with Crippen LogP contribution < -0.4 is 0 Å². The fraction of sp³-hybridized carbons (Fsp3) is 0.473. The first kappa shape index (κ1) is 79.0. The summed E-state index contributed by atoms with van der Waals surface area (Å²) in [5.74, 6) is 0. The van der Waals surface area contributed by atoms with Crippen molar-refractivity contribution in [2.45, 2.75) is 298 Å². The molecule has 0 atom stereocenters. The first-order valence-corrected chi connectivity index (χ1v) is 33.8. The monoisotopic (exact) mass is 1220 g/mol. The van der Waals surface area contributed by atoms with Gasteiger partial charge in [-0.25, -0.2) is 0 Å². The molecule has 494 valence electrons. The van der Waals surface area contributed by atoms with Crippen LogP contribution in [0.2, 0.25) is 0 Å². The lowest BCUT2D eigenvalue weighted by molar-refractivity contribution is 1.13. The molecule has 0 heterocycles. The summed E-state index contributed by atoms with van der Waals surface area (Å²) in [4.78, 5) is 0. The molecule has 91 heavy (non-hydrogen) atoms. The Kier molecular flexibility index (Phi) is 26.2. The molecule has 0 saturated heterocycles. The number of aryl methyl sites for hydroxylation is 12. The van der Waals surface area contributed by atoms with E-state index in [-0.39, 0.29) is 7.43 Å². The zero-order valence-electron chi connectivity index (χ0n) is 66.0. The fourth-order valence-electron chi connectivity index (χ4n) is 14.6. The van der Waals surface area contributed by atoms with Crippen molar-refractivity contribution in [3.8, 4) is 0 Å². The molecule has 0 aromatic heterocycles. The second-order valence-electron chi connectivity index (χ2n) is 28.5. The Balaban J connectivity index is 0.000000287. The van der Waals surface area contributed by atoms with Gasteiger partial charge in [-0.2, -0.15) is 0 Å². The van der Waals surface area contributed by atoms with Gasteiger partial charge in [-0.1, -0.05) is 7.43 Å². The van der Waals surface area contributed by atoms with E-state index in [0.717, 1.165) is 0 Å². The van der Waals surface area contributed by atoms with Gasteiger partial charge >= 0.3 is 0 Å². The van der Waals surface area contributed by atoms with Gasteiger partial charge in [0.2, 0.25) is 0 Å². The lowest BCUT2D eigenvalue weighted by atomic mass is 9.83. The van der Waals surface area contributed by atoms with Crippen LogP contribution in [0.1, 0.15) is 241 Å². The summed E-state index contributed by atoms with van der Waals surface area (Å²) < 4.78 is 0. The van der Waals surface area contributed by atoms with Crippen molar-refractivity contribution < 1.29 is 0 Å². The van der Waals surface area contributed by atoms with Gasteiger partial charge in [0.1, 0.15) is 0 Å². The predicted octanol–water partition coefficient (Wildman–Crippen LogP) is 27.2. The minimum absolute atomic E-state index is 0. The molecule has 0 spiro atoms. The van der Waals surface area contributed by atoms with Crippen molar-refractivity contribution in [3.05, 3.63) is 234 Å². The third-order valence-electron chi connectivity index (χ3n) is 25.5. The van der Waals surface area contributed by atoms with Crippen molar-refractivity contribution in [2.75, 3.05) is 0 Å². The lowest BCUT2D eigenvalue weighted by Crippen LogP contribution is -2.01. The van der Waals surface area contributed by atoms with Crippen molar-refractivity contribution in [1.82, 2.24) is 0 Å². The van der Waals surface area contributed by atoms with Gasteiger partial charge in [0.15, 0.2) is 0 Å². The summed E-state index contributed by atoms with van der Waals surface area (Å²) in [7, 11) is 0. The minimum Gasteiger partial charge on any atom is -0.0776 e. The van der Waals surface area contributed by atoms with Crippen LogP contribution in [0, 0.1) is 291 Å². The second kappa shape index (κ2) is 30.2. The van der Waals surface area contributed by atoms with Gasteiger partial charge in [-0.05, 0) is 557 Å². The summed E-state index contributed by atoms with van der Waals surface area (Å²) in [5.41, 5.74) is 61.0. The molecule has 0 aliphatic rings. The van der Waals surface area contributed by atoms with E-state index in [1.165, 1.54) is 266 Å². The van der Waals surface area contributed by atoms with E-state index in [4.69, 9.17) is 0 Å². The average Bonchev–Trinajstić information content (AvgIpc) is 0.764. The number of hydrogen-bond acceptors (Lipinski definition) is 0. The van der Waals surface area contributed by atoms with Crippen LogP contribution in [-0.4, -0.2) is 0 Å². The van der Waals surface area contributed by atoms with Crippen molar-refractivity contribution in [1.29, 1.82) is 0 Å². The highest BCUT2D eigenvalue weighted by Crippen LogP contribution is 2.40. The van der Waals surface area contributed by atoms with Gasteiger partial charge in [0.05, 0.1) is 0 Å². The molecule has 0 radical (unpaired) electrons. The highest BCUT2D eigenvalue weighted by Gasteiger charge is 2.20. The number of hydrogen-bond donors (Lipinski definition) is 0. The van der Waals surface area contributed by atoms with Gasteiger partial charge in [0, 0.05) is 0 Å². The quantitative estimate of drug-likeness (QED) is 0.142. The first-order valence-electron chi connectivity index (χ1n) is 33.8. The van der Waals surface area contributed by atoms with E-state index in [1.807, 2.05) is 0 Å². The summed E-state index contributed by atoms with van der Waals surface area (Å²) >= 11 is 0. The largest absolute Gasteiger partial charge is 0.0776 e. The number of benzene rings is 9. The Morgan fingerprint density at radius 1 is 0.0659 bits per heavy atom. The Morgan fingerprint density at radius 3 is 0.143 bits per heavy atom. The maximum Gasteiger partial charge on any atom is -0.0114 e. The average molecular weight is 1220 g/mol. The summed E-state index contributed by atoms with van der Waals surface area (Å²) in [6.45, 7) is 94.1. The molecule has 0 bridgehead atoms. The van der Waals surface area contributed by atoms with E-state index < -0.39 is 0 Å². The van der Waals surface area contributed by atoms with E-state index in [1.54, 1.807) is 0 Å². The van der Waals surface area contributed by atoms with Crippen molar-refractivity contribution >= 4 is 32.3 Å². The Hall–Kier alpha value is -6.24. The Labute approximate surface area is 560 Å². The van der Waals surface area contributed by atoms with Gasteiger partial charge in [-0.3, -0.25) is 0 Å². The van der Waals surface area contributed by atoms with Crippen LogP contribution >= 0.6 is 0 Å². The highest BCUT2D eigenvalue weighted by atomic mass is 14.2. The summed E-state index contributed by atoms with van der Waals surface area (Å²) in [5, 5.41) is 8.90. The SMILES string of the molecule is C.Cc1c(C)c(C)c(C)c(C)c1C.Cc1c(C)c(C)c(C)c(C)c1C.Cc1c(C)c(C)c(C)c(C)c1C.Cc1c(C)c(C)c2c(C)c(C)c(C)c(C)c2c1C.Cc1c(C)c(C)c2c(C)c(C)c(C)c(C)c2c1C.Cc1c(C)c(C)c2c(C)c(C)c(C)c(C)c2c1C. The summed E-state index contributed by atoms with van der Waals surface area (Å²) in [6, 6.07) is 0. The third-order valence-corrected chi connectivity index (χ3v) is 25.5. The smallest absolute Gasteiger partial charge is 0.0114 e. The molecule has 0 amide bonds. The Morgan fingerprint density at radius 2 is 0.0989 bits per heavy atom. The van der Waals surface area contributed by atoms with Gasteiger partial charge in [-0.15, -0.1) is 0 Å². The van der Waals surface area contributed by atoms with Crippen molar-refractivity contribution in [3.63, 3.8) is 0 Å². The predicted molar refractivity (Wildman–Crippen MR) is 417 cm³/mol. The molecule has 0 heteroatoms. The van der Waals surface area contributed by atoms with Gasteiger partial charge < -0.3 is 0 Å². The highest BCUT2D eigenvalue weighted by molar-refractivity contribution is 5.99. The fourth-order valence-corrected chi connectivity index (χ4v) is 14.6. The molecule has 0 nitrogen and oxygen atoms in total. The van der Waals surface area contributed by atoms with E-state index in [0.29, 0.717) is 0 Å². The lowest BCUT2D eigenvalue weighted by Gasteiger charge is -2.21. The van der Waals surface area contributed by atoms with Crippen LogP contribution in [0.5, 0.6) is 0 Å². The molecule has 9 rings (SSSR count). The topological polar surface area (TPSA) is 0 Å². The zero-order chi connectivity index (χ0) is 69.7. The minimum atomic E-state index is 0. The van der Waals surface area contributed by atoms with Crippen molar-refractivity contribution in [2.24, 2.45) is 0 Å². The Bertz CT molecular complexity index is 3250. The zero-order valence-corrected chi connectivity index (χ0v) is 66.0. The van der Waals surface area contributed by atoms with Gasteiger partial charge in [0.25, 0.3) is 0 Å². The van der Waals surface area contributed by atoms with E-state index in [2.05, 4.69) is 291 Å². The number of fused-ring (bicyclic) bond motifs is 3. The molecule has 0 unspecified atom stereocenters. The molecular formula is C91H130. The van der Waals surface area contributed by atoms with E-state index in [9.17, 15) is 0 Å². The molecule has 0 aliphatic heterocycles. The van der Waals surface area contributed by atoms with Crippen LogP contribution in [0.25, 0.3) is 32.3 Å². The molecule has 9 aromatic rings. The molecular weight excluding hydrogens is 1090 g/mol. The molecule has 0 fully saturated rings. The molecule has 9 aromatic carbocycles. The second-order valence-corrected chi connectivity index (χ2v) is 28.5. The molecule has 0 N–H and O–H groups in total. The van der Waals surface area contributed by atoms with Crippen LogP contribution in [0.3, 0.4) is 0 Å². The van der Waals surface area contributed by atoms with Crippen LogP contribution in [0.4, 0.5) is 0 Å². The molecule has 0 aliphatic carbocycles. The van der Waals surface area contributed by atoms with Crippen LogP contribution in [0.15, 0.2) is 0 Å². The summed E-state index contributed by atoms with van der Waals surface area (Å²) in [6.07, 6.45) is 0.